The zero-order chi connectivity index (χ0) is 29.9. The summed E-state index contributed by atoms with van der Waals surface area (Å²) in [7, 11) is 0. The van der Waals surface area contributed by atoms with Gasteiger partial charge in [0.25, 0.3) is 0 Å². The minimum Gasteiger partial charge on any atom is -0.303 e. The van der Waals surface area contributed by atoms with Crippen molar-refractivity contribution in [1.29, 1.82) is 0 Å². The van der Waals surface area contributed by atoms with Crippen LogP contribution in [0.2, 0.25) is 0 Å². The highest BCUT2D eigenvalue weighted by atomic mass is 19.1. The maximum atomic E-state index is 13.7. The lowest BCUT2D eigenvalue weighted by Crippen LogP contribution is -2.39. The molecule has 1 aliphatic carbocycles. The third kappa shape index (κ3) is 11.1. The largest absolute Gasteiger partial charge is 0.303 e. The second-order valence-corrected chi connectivity index (χ2v) is 12.2. The molecule has 2 aromatic rings. The van der Waals surface area contributed by atoms with E-state index in [-0.39, 0.29) is 32.0 Å². The number of aryl methyl sites for hydroxylation is 1. The highest BCUT2D eigenvalue weighted by Gasteiger charge is 2.32. The maximum absolute atomic E-state index is 13.7. The molecule has 41 heavy (non-hydrogen) atoms. The normalized spacial score (nSPS) is 21.4. The van der Waals surface area contributed by atoms with E-state index in [0.29, 0.717) is 11.5 Å². The fourth-order valence-electron chi connectivity index (χ4n) is 5.96. The number of hydrogen-bond acceptors (Lipinski definition) is 3. The number of hydrogen-bond donors (Lipinski definition) is 0. The highest BCUT2D eigenvalue weighted by molar-refractivity contribution is 5.95. The van der Waals surface area contributed by atoms with Crippen LogP contribution in [0.1, 0.15) is 141 Å². The number of carbonyl (C=O) groups is 2. The molecule has 2 aliphatic rings. The zero-order valence-electron chi connectivity index (χ0n) is 25.9. The van der Waals surface area contributed by atoms with Crippen molar-refractivity contribution in [2.75, 3.05) is 13.1 Å². The Hall–Kier alpha value is -2.40. The third-order valence-corrected chi connectivity index (χ3v) is 8.26. The van der Waals surface area contributed by atoms with Crippen LogP contribution in [-0.2, 0) is 4.79 Å². The lowest BCUT2D eigenvalue weighted by atomic mass is 9.85. The van der Waals surface area contributed by atoms with E-state index in [1.807, 2.05) is 26.0 Å². The van der Waals surface area contributed by atoms with Gasteiger partial charge in [-0.1, -0.05) is 70.4 Å². The number of benzene rings is 2. The first-order valence-corrected chi connectivity index (χ1v) is 15.3. The fourth-order valence-corrected chi connectivity index (χ4v) is 5.96. The molecule has 2 unspecified atom stereocenters. The van der Waals surface area contributed by atoms with Crippen LogP contribution < -0.4 is 0 Å². The second kappa shape index (κ2) is 17.5. The van der Waals surface area contributed by atoms with Crippen LogP contribution >= 0.6 is 0 Å². The second-order valence-electron chi connectivity index (χ2n) is 12.2. The SMILES string of the molecule is C.CC.CC(=O)c1ccc(C)cc1C1CCCCC(C=O)CCC1.CC(C)(C)N1CC[C@H](c2ccc(F)cc2F)C1.[HH]. The Balaban J connectivity index is 0.000000735. The summed E-state index contributed by atoms with van der Waals surface area (Å²) in [5.74, 6) is 0.149. The number of carbonyl (C=O) groups excluding carboxylic acids is 2. The van der Waals surface area contributed by atoms with E-state index in [0.717, 1.165) is 82.4 Å². The van der Waals surface area contributed by atoms with Gasteiger partial charge in [0.2, 0.25) is 0 Å². The van der Waals surface area contributed by atoms with Crippen molar-refractivity contribution in [3.8, 4) is 0 Å². The monoisotopic (exact) mass is 573 g/mol. The minimum absolute atomic E-state index is 0. The molecule has 3 atom stereocenters. The van der Waals surface area contributed by atoms with Crippen LogP contribution in [0, 0.1) is 24.5 Å². The maximum Gasteiger partial charge on any atom is 0.160 e. The molecule has 1 aliphatic heterocycles. The number of Topliss-reactive ketones (excluding diaryl/α,β-unsaturated/α-hetero) is 1. The Morgan fingerprint density at radius 1 is 0.902 bits per heavy atom. The number of rotatable bonds is 4. The van der Waals surface area contributed by atoms with E-state index in [4.69, 9.17) is 0 Å². The summed E-state index contributed by atoms with van der Waals surface area (Å²) in [6, 6.07) is 10.1. The summed E-state index contributed by atoms with van der Waals surface area (Å²) >= 11 is 0. The zero-order valence-corrected chi connectivity index (χ0v) is 25.9. The van der Waals surface area contributed by atoms with Crippen molar-refractivity contribution in [3.63, 3.8) is 0 Å². The standard InChI is InChI=1S/C19H26O2.C14H19F2N.C2H6.CH4.H2/c1-14-10-11-18(15(2)21)19(12-14)17-8-4-3-6-16(13-20)7-5-9-17;1-14(2,3)17-7-6-10(9-17)12-5-4-11(15)8-13(12)16;1-2;;/h10-13,16-17H,3-9H2,1-2H3;4-5,8,10H,6-7,9H2,1-3H3;1-2H3;1H4;1H/t;10-;;;/m.0.../s1. The molecule has 1 saturated carbocycles. The van der Waals surface area contributed by atoms with Crippen LogP contribution in [0.5, 0.6) is 0 Å². The third-order valence-electron chi connectivity index (χ3n) is 8.26. The lowest BCUT2D eigenvalue weighted by Gasteiger charge is -2.31. The topological polar surface area (TPSA) is 37.4 Å². The van der Waals surface area contributed by atoms with Gasteiger partial charge in [-0.05, 0) is 96.4 Å². The van der Waals surface area contributed by atoms with Crippen molar-refractivity contribution >= 4 is 12.1 Å². The molecule has 1 heterocycles. The fraction of sp³-hybridized carbons (Fsp3) is 0.611. The predicted octanol–water partition coefficient (Wildman–Crippen LogP) is 10.3. The van der Waals surface area contributed by atoms with Gasteiger partial charge in [0.15, 0.2) is 5.78 Å². The number of ketones is 1. The Morgan fingerprint density at radius 2 is 1.54 bits per heavy atom. The quantitative estimate of drug-likeness (QED) is 0.270. The first kappa shape index (κ1) is 36.6. The average Bonchev–Trinajstić information content (AvgIpc) is 3.44. The van der Waals surface area contributed by atoms with E-state index in [1.54, 1.807) is 13.0 Å². The Kier molecular flexibility index (Phi) is 15.7. The summed E-state index contributed by atoms with van der Waals surface area (Å²) in [6.07, 6.45) is 9.70. The molecule has 2 aromatic carbocycles. The Labute approximate surface area is 250 Å². The van der Waals surface area contributed by atoms with E-state index in [9.17, 15) is 18.4 Å². The van der Waals surface area contributed by atoms with Crippen molar-refractivity contribution < 1.29 is 19.8 Å². The van der Waals surface area contributed by atoms with E-state index >= 15 is 0 Å². The molecule has 0 N–H and O–H groups in total. The van der Waals surface area contributed by atoms with Gasteiger partial charge in [0.1, 0.15) is 17.9 Å². The molecule has 0 aromatic heterocycles. The summed E-state index contributed by atoms with van der Waals surface area (Å²) in [5.41, 5.74) is 4.10. The van der Waals surface area contributed by atoms with Crippen LogP contribution in [0.3, 0.4) is 0 Å². The molecule has 0 spiro atoms. The average molecular weight is 574 g/mol. The van der Waals surface area contributed by atoms with Gasteiger partial charge in [-0.25, -0.2) is 8.78 Å². The minimum atomic E-state index is -0.503. The van der Waals surface area contributed by atoms with Gasteiger partial charge in [-0.2, -0.15) is 0 Å². The van der Waals surface area contributed by atoms with Gasteiger partial charge < -0.3 is 4.79 Å². The van der Waals surface area contributed by atoms with Gasteiger partial charge >= 0.3 is 0 Å². The number of nitrogens with zero attached hydrogens (tertiary/aromatic N) is 1. The molecule has 1 saturated heterocycles. The first-order valence-electron chi connectivity index (χ1n) is 15.3. The van der Waals surface area contributed by atoms with Crippen LogP contribution in [0.25, 0.3) is 0 Å². The van der Waals surface area contributed by atoms with Gasteiger partial charge in [-0.3, -0.25) is 9.69 Å². The summed E-state index contributed by atoms with van der Waals surface area (Å²) < 4.78 is 26.5. The van der Waals surface area contributed by atoms with Gasteiger partial charge in [0.05, 0.1) is 0 Å². The number of aldehydes is 1. The molecule has 232 valence electrons. The van der Waals surface area contributed by atoms with Crippen molar-refractivity contribution in [3.05, 3.63) is 70.3 Å². The molecule has 0 bridgehead atoms. The van der Waals surface area contributed by atoms with Crippen LogP contribution in [-0.4, -0.2) is 35.6 Å². The number of halogens is 2. The van der Waals surface area contributed by atoms with E-state index < -0.39 is 11.6 Å². The lowest BCUT2D eigenvalue weighted by molar-refractivity contribution is -0.111. The highest BCUT2D eigenvalue weighted by Crippen LogP contribution is 2.35. The molecule has 4 rings (SSSR count). The van der Waals surface area contributed by atoms with Gasteiger partial charge in [-0.15, -0.1) is 0 Å². The summed E-state index contributed by atoms with van der Waals surface area (Å²) in [5, 5.41) is 0. The van der Waals surface area contributed by atoms with Crippen LogP contribution in [0.4, 0.5) is 8.78 Å². The van der Waals surface area contributed by atoms with Crippen molar-refractivity contribution in [2.24, 2.45) is 5.92 Å². The first-order chi connectivity index (χ1) is 19.0. The number of likely N-dealkylation sites (tertiary alicyclic amines) is 1. The molecule has 3 nitrogen and oxygen atoms in total. The van der Waals surface area contributed by atoms with Gasteiger partial charge in [0, 0.05) is 37.0 Å². The summed E-state index contributed by atoms with van der Waals surface area (Å²) in [6.45, 7) is 16.1. The van der Waals surface area contributed by atoms with Crippen molar-refractivity contribution in [1.82, 2.24) is 4.90 Å². The predicted molar refractivity (Wildman–Crippen MR) is 171 cm³/mol. The Morgan fingerprint density at radius 3 is 2.12 bits per heavy atom. The molecular weight excluding hydrogens is 516 g/mol. The summed E-state index contributed by atoms with van der Waals surface area (Å²) in [4.78, 5) is 25.3. The molecule has 2 fully saturated rings. The molecular formula is C36H57F2NO2. The van der Waals surface area contributed by atoms with Crippen LogP contribution in [0.15, 0.2) is 36.4 Å². The van der Waals surface area contributed by atoms with Crippen molar-refractivity contribution in [2.45, 2.75) is 125 Å². The molecule has 0 amide bonds. The molecule has 0 radical (unpaired) electrons. The Bertz CT molecular complexity index is 1100. The smallest absolute Gasteiger partial charge is 0.160 e. The molecule has 5 heteroatoms. The van der Waals surface area contributed by atoms with E-state index in [2.05, 4.69) is 38.7 Å². The van der Waals surface area contributed by atoms with E-state index in [1.165, 1.54) is 17.2 Å².